The minimum absolute atomic E-state index is 0.133. The largest absolute Gasteiger partial charge is 0.493 e. The van der Waals surface area contributed by atoms with E-state index in [4.69, 9.17) is 21.4 Å². The lowest BCUT2D eigenvalue weighted by molar-refractivity contribution is -0.128. The minimum Gasteiger partial charge on any atom is -0.493 e. The summed E-state index contributed by atoms with van der Waals surface area (Å²) >= 11 is 7.08. The molecule has 0 unspecified atom stereocenters. The van der Waals surface area contributed by atoms with Gasteiger partial charge in [0, 0.05) is 12.1 Å². The summed E-state index contributed by atoms with van der Waals surface area (Å²) in [4.78, 5) is 26.1. The van der Waals surface area contributed by atoms with Crippen molar-refractivity contribution < 1.29 is 23.8 Å². The molecule has 4 saturated carbocycles. The molecule has 4 fully saturated rings. The maximum Gasteiger partial charge on any atom is 0.351 e. The third-order valence-corrected chi connectivity index (χ3v) is 9.57. The number of fused-ring (bicyclic) bond motifs is 1. The molecule has 4 aliphatic carbocycles. The molecule has 0 saturated heterocycles. The number of carbonyl (C=O) groups excluding carboxylic acids is 2. The van der Waals surface area contributed by atoms with Crippen LogP contribution in [0.5, 0.6) is 11.6 Å². The number of rotatable bonds is 2. The molecule has 1 aromatic carbocycles. The summed E-state index contributed by atoms with van der Waals surface area (Å²) in [7, 11) is 0. The van der Waals surface area contributed by atoms with E-state index >= 15 is 0 Å². The number of esters is 1. The Morgan fingerprint density at radius 1 is 1.00 bits per heavy atom. The van der Waals surface area contributed by atoms with Crippen molar-refractivity contribution in [1.82, 2.24) is 4.57 Å². The third-order valence-electron chi connectivity index (χ3n) is 8.23. The standard InChI is InChI=1S/C27H23NO5S2/c29-24-18-3-1-2-4-19(18)33-26(31)22(24)20-6-5-17(32-20)12-21-25(30)28(27(34)35-21)23-15-8-13-7-14(10-15)11-16(23)9-13/h1-6,12-16,23,30H,7-11H2. The first-order chi connectivity index (χ1) is 17.0. The first kappa shape index (κ1) is 21.3. The van der Waals surface area contributed by atoms with Gasteiger partial charge in [-0.2, -0.15) is 0 Å². The Bertz CT molecular complexity index is 1550. The van der Waals surface area contributed by atoms with Crippen LogP contribution in [0.4, 0.5) is 0 Å². The molecule has 0 amide bonds. The van der Waals surface area contributed by atoms with Gasteiger partial charge in [-0.1, -0.05) is 12.1 Å². The van der Waals surface area contributed by atoms with E-state index in [1.165, 1.54) is 43.4 Å². The van der Waals surface area contributed by atoms with E-state index in [0.29, 0.717) is 31.6 Å². The summed E-state index contributed by atoms with van der Waals surface area (Å²) in [6.45, 7) is 0. The summed E-state index contributed by atoms with van der Waals surface area (Å²) in [6, 6.07) is 10.2. The van der Waals surface area contributed by atoms with E-state index in [-0.39, 0.29) is 28.7 Å². The lowest BCUT2D eigenvalue weighted by Crippen LogP contribution is -2.45. The molecule has 178 valence electrons. The van der Waals surface area contributed by atoms with Gasteiger partial charge in [0.15, 0.2) is 9.53 Å². The van der Waals surface area contributed by atoms with Gasteiger partial charge in [-0.05, 0) is 92.3 Å². The number of para-hydroxylation sites is 1. The Labute approximate surface area is 210 Å². The van der Waals surface area contributed by atoms with Gasteiger partial charge in [0.1, 0.15) is 16.6 Å². The highest BCUT2D eigenvalue weighted by Crippen LogP contribution is 2.59. The predicted octanol–water partition coefficient (Wildman–Crippen LogP) is 4.36. The molecule has 0 radical (unpaired) electrons. The number of ether oxygens (including phenoxy) is 1. The zero-order chi connectivity index (χ0) is 23.8. The molecule has 0 atom stereocenters. The quantitative estimate of drug-likeness (QED) is 0.317. The van der Waals surface area contributed by atoms with Gasteiger partial charge in [0.25, 0.3) is 0 Å². The van der Waals surface area contributed by atoms with Crippen molar-refractivity contribution >= 4 is 47.0 Å². The van der Waals surface area contributed by atoms with Crippen LogP contribution in [-0.2, 0) is 4.79 Å². The second-order valence-electron chi connectivity index (χ2n) is 10.3. The van der Waals surface area contributed by atoms with E-state index in [1.54, 1.807) is 42.5 Å². The normalized spacial score (nSPS) is 31.1. The molecule has 8 heteroatoms. The summed E-state index contributed by atoms with van der Waals surface area (Å²) in [5.74, 6) is 2.13. The number of hydrogen-bond acceptors (Lipinski definition) is 7. The zero-order valence-electron chi connectivity index (χ0n) is 18.8. The molecule has 1 N–H and O–H groups in total. The van der Waals surface area contributed by atoms with Gasteiger partial charge < -0.3 is 14.3 Å². The van der Waals surface area contributed by atoms with Gasteiger partial charge in [-0.15, -0.1) is 11.3 Å². The predicted molar refractivity (Wildman–Crippen MR) is 132 cm³/mol. The number of Topliss-reactive ketones (excluding diaryl/α,β-unsaturated/α-hetero) is 1. The van der Waals surface area contributed by atoms with Crippen molar-refractivity contribution in [3.8, 4) is 11.6 Å². The molecular formula is C27H23NO5S2. The molecule has 0 spiro atoms. The molecule has 8 rings (SSSR count). The summed E-state index contributed by atoms with van der Waals surface area (Å²) in [6.07, 6.45) is 8.05. The molecule has 2 aromatic heterocycles. The number of furan rings is 1. The fourth-order valence-corrected chi connectivity index (χ4v) is 8.43. The second-order valence-corrected chi connectivity index (χ2v) is 12.0. The highest BCUT2D eigenvalue weighted by atomic mass is 32.1. The highest BCUT2D eigenvalue weighted by molar-refractivity contribution is 7.73. The van der Waals surface area contributed by atoms with Crippen molar-refractivity contribution in [2.75, 3.05) is 0 Å². The Balaban J connectivity index is 1.27. The monoisotopic (exact) mass is 505 g/mol. The van der Waals surface area contributed by atoms with Crippen LogP contribution in [0.15, 0.2) is 40.8 Å². The van der Waals surface area contributed by atoms with E-state index in [2.05, 4.69) is 0 Å². The summed E-state index contributed by atoms with van der Waals surface area (Å²) in [5, 5.41) is 11.2. The van der Waals surface area contributed by atoms with Crippen LogP contribution in [0, 0.1) is 27.6 Å². The molecular weight excluding hydrogens is 482 g/mol. The molecule has 1 aliphatic heterocycles. The number of ketones is 1. The Morgan fingerprint density at radius 2 is 1.71 bits per heavy atom. The number of thiazole rings is 1. The van der Waals surface area contributed by atoms with Crippen molar-refractivity contribution in [1.29, 1.82) is 0 Å². The number of aromatic nitrogens is 1. The van der Waals surface area contributed by atoms with Crippen LogP contribution in [0.25, 0.3) is 11.6 Å². The SMILES string of the molecule is O=C1Oc2ccccc2C(=O)C1=c1ccc(=Cc2sc(=S)n(C3C4CC5CC(C4)CC3C5)c2O)o1. The summed E-state index contributed by atoms with van der Waals surface area (Å²) in [5.41, 5.74) is 0.763. The Morgan fingerprint density at radius 3 is 2.46 bits per heavy atom. The number of aromatic hydroxyl groups is 1. The lowest BCUT2D eigenvalue weighted by Gasteiger charge is -2.54. The van der Waals surface area contributed by atoms with Crippen molar-refractivity contribution in [2.45, 2.75) is 38.1 Å². The first-order valence-electron chi connectivity index (χ1n) is 12.1. The van der Waals surface area contributed by atoms with Crippen molar-refractivity contribution in [3.63, 3.8) is 0 Å². The van der Waals surface area contributed by atoms with E-state index in [0.717, 1.165) is 11.8 Å². The van der Waals surface area contributed by atoms with Gasteiger partial charge in [0.2, 0.25) is 11.7 Å². The zero-order valence-corrected chi connectivity index (χ0v) is 20.4. The average molecular weight is 506 g/mol. The molecule has 6 nitrogen and oxygen atoms in total. The van der Waals surface area contributed by atoms with Gasteiger partial charge >= 0.3 is 5.97 Å². The number of benzene rings is 1. The molecule has 3 heterocycles. The van der Waals surface area contributed by atoms with Crippen LogP contribution in [-0.4, -0.2) is 21.4 Å². The van der Waals surface area contributed by atoms with Crippen LogP contribution in [0.2, 0.25) is 0 Å². The molecule has 4 bridgehead atoms. The average Bonchev–Trinajstić information content (AvgIpc) is 3.38. The molecule has 3 aromatic rings. The lowest BCUT2D eigenvalue weighted by atomic mass is 9.54. The van der Waals surface area contributed by atoms with E-state index < -0.39 is 11.8 Å². The molecule has 5 aliphatic rings. The number of nitrogens with zero attached hydrogens (tertiary/aromatic N) is 1. The van der Waals surface area contributed by atoms with Crippen molar-refractivity contribution in [3.05, 3.63) is 61.6 Å². The molecule has 35 heavy (non-hydrogen) atoms. The van der Waals surface area contributed by atoms with Gasteiger partial charge in [0.05, 0.1) is 10.4 Å². The van der Waals surface area contributed by atoms with E-state index in [1.807, 2.05) is 4.57 Å². The van der Waals surface area contributed by atoms with Crippen LogP contribution < -0.4 is 15.6 Å². The Kier molecular flexibility index (Phi) is 4.73. The van der Waals surface area contributed by atoms with E-state index in [9.17, 15) is 14.7 Å². The first-order valence-corrected chi connectivity index (χ1v) is 13.3. The third kappa shape index (κ3) is 3.30. The number of carbonyl (C=O) groups is 2. The second kappa shape index (κ2) is 7.77. The summed E-state index contributed by atoms with van der Waals surface area (Å²) < 4.78 is 13.9. The maximum absolute atomic E-state index is 12.9. The van der Waals surface area contributed by atoms with Crippen LogP contribution in [0.1, 0.15) is 53.4 Å². The van der Waals surface area contributed by atoms with Crippen molar-refractivity contribution in [2.24, 2.45) is 23.7 Å². The van der Waals surface area contributed by atoms with Crippen LogP contribution >= 0.6 is 23.6 Å². The smallest absolute Gasteiger partial charge is 0.351 e. The minimum atomic E-state index is -0.735. The van der Waals surface area contributed by atoms with Gasteiger partial charge in [-0.3, -0.25) is 9.36 Å². The fourth-order valence-electron chi connectivity index (χ4n) is 7.10. The van der Waals surface area contributed by atoms with Gasteiger partial charge in [-0.25, -0.2) is 4.79 Å². The number of hydrogen-bond donors (Lipinski definition) is 1. The topological polar surface area (TPSA) is 81.7 Å². The fraction of sp³-hybridized carbons (Fsp3) is 0.370. The Hall–Kier alpha value is -2.97. The maximum atomic E-state index is 12.9. The highest BCUT2D eigenvalue weighted by Gasteiger charge is 2.49. The van der Waals surface area contributed by atoms with Crippen LogP contribution in [0.3, 0.4) is 0 Å².